The molecule has 0 bridgehead atoms. The summed E-state index contributed by atoms with van der Waals surface area (Å²) in [5.41, 5.74) is 3.10. The second-order valence-electron chi connectivity index (χ2n) is 5.41. The molecule has 0 saturated carbocycles. The van der Waals surface area contributed by atoms with Crippen LogP contribution < -0.4 is 24.4 Å². The summed E-state index contributed by atoms with van der Waals surface area (Å²) in [6.45, 7) is 1.62. The fourth-order valence-electron chi connectivity index (χ4n) is 2.21. The molecule has 0 radical (unpaired) electrons. The number of rotatable bonds is 8. The van der Waals surface area contributed by atoms with Crippen LogP contribution in [0.2, 0.25) is 5.02 Å². The van der Waals surface area contributed by atoms with Gasteiger partial charge in [0.05, 0.1) is 27.5 Å². The fourth-order valence-corrected chi connectivity index (χ4v) is 2.33. The summed E-state index contributed by atoms with van der Waals surface area (Å²) in [4.78, 5) is 12.1. The molecule has 2 aromatic rings. The number of ether oxygens (including phenoxy) is 4. The van der Waals surface area contributed by atoms with Crippen molar-refractivity contribution in [3.8, 4) is 23.0 Å². The monoisotopic (exact) mass is 392 g/mol. The lowest BCUT2D eigenvalue weighted by molar-refractivity contribution is -0.127. The Kier molecular flexibility index (Phi) is 7.31. The number of nitrogens with zero attached hydrogens (tertiary/aromatic N) is 1. The zero-order valence-electron chi connectivity index (χ0n) is 15.5. The third-order valence-corrected chi connectivity index (χ3v) is 3.82. The summed E-state index contributed by atoms with van der Waals surface area (Å²) >= 11 is 5.82. The first-order chi connectivity index (χ1) is 13.0. The first kappa shape index (κ1) is 20.4. The predicted molar refractivity (Wildman–Crippen MR) is 103 cm³/mol. The van der Waals surface area contributed by atoms with E-state index in [9.17, 15) is 4.79 Å². The lowest BCUT2D eigenvalue weighted by atomic mass is 10.2. The molecule has 144 valence electrons. The maximum Gasteiger partial charge on any atom is 0.280 e. The summed E-state index contributed by atoms with van der Waals surface area (Å²) in [7, 11) is 4.57. The summed E-state index contributed by atoms with van der Waals surface area (Å²) in [5, 5.41) is 4.54. The first-order valence-electron chi connectivity index (χ1n) is 8.03. The molecule has 0 aliphatic heterocycles. The normalized spacial score (nSPS) is 11.7. The molecule has 2 rings (SSSR count). The summed E-state index contributed by atoms with van der Waals surface area (Å²) in [6, 6.07) is 10.2. The van der Waals surface area contributed by atoms with Crippen LogP contribution in [0.15, 0.2) is 41.5 Å². The van der Waals surface area contributed by atoms with Crippen LogP contribution in [0.5, 0.6) is 23.0 Å². The highest BCUT2D eigenvalue weighted by molar-refractivity contribution is 6.30. The van der Waals surface area contributed by atoms with E-state index in [4.69, 9.17) is 30.5 Å². The van der Waals surface area contributed by atoms with E-state index in [1.807, 2.05) is 0 Å². The predicted octanol–water partition coefficient (Wildman–Crippen LogP) is 3.28. The molecule has 2 aromatic carbocycles. The largest absolute Gasteiger partial charge is 0.493 e. The van der Waals surface area contributed by atoms with Crippen molar-refractivity contribution in [3.63, 3.8) is 0 Å². The topological polar surface area (TPSA) is 78.4 Å². The van der Waals surface area contributed by atoms with Gasteiger partial charge >= 0.3 is 0 Å². The van der Waals surface area contributed by atoms with Gasteiger partial charge in [-0.25, -0.2) is 5.43 Å². The van der Waals surface area contributed by atoms with Crippen molar-refractivity contribution in [2.75, 3.05) is 21.3 Å². The van der Waals surface area contributed by atoms with Crippen LogP contribution in [0, 0.1) is 0 Å². The van der Waals surface area contributed by atoms with Crippen LogP contribution in [0.3, 0.4) is 0 Å². The molecule has 0 aromatic heterocycles. The van der Waals surface area contributed by atoms with Crippen LogP contribution in [0.25, 0.3) is 0 Å². The molecule has 8 heteroatoms. The number of benzene rings is 2. The standard InChI is InChI=1S/C19H21ClN2O5/c1-12(27-15-7-5-14(20)6-8-15)19(23)22-21-11-13-9-16(24-2)18(26-4)17(10-13)25-3/h5-12H,1-4H3,(H,22,23)/b21-11-/t12-/m0/s1. The van der Waals surface area contributed by atoms with Crippen LogP contribution in [-0.2, 0) is 4.79 Å². The zero-order valence-corrected chi connectivity index (χ0v) is 16.2. The van der Waals surface area contributed by atoms with Crippen molar-refractivity contribution < 1.29 is 23.7 Å². The van der Waals surface area contributed by atoms with E-state index >= 15 is 0 Å². The van der Waals surface area contributed by atoms with Crippen molar-refractivity contribution in [1.82, 2.24) is 5.43 Å². The zero-order chi connectivity index (χ0) is 19.8. The average Bonchev–Trinajstić information content (AvgIpc) is 2.68. The Morgan fingerprint density at radius 3 is 2.19 bits per heavy atom. The van der Waals surface area contributed by atoms with Gasteiger partial charge < -0.3 is 18.9 Å². The number of halogens is 1. The van der Waals surface area contributed by atoms with Crippen LogP contribution >= 0.6 is 11.6 Å². The van der Waals surface area contributed by atoms with E-state index in [2.05, 4.69) is 10.5 Å². The number of carbonyl (C=O) groups is 1. The SMILES string of the molecule is COc1cc(/C=N\NC(=O)[C@H](C)Oc2ccc(Cl)cc2)cc(OC)c1OC. The van der Waals surface area contributed by atoms with E-state index in [1.54, 1.807) is 43.3 Å². The first-order valence-corrected chi connectivity index (χ1v) is 8.41. The van der Waals surface area contributed by atoms with E-state index in [0.717, 1.165) is 0 Å². The van der Waals surface area contributed by atoms with Crippen LogP contribution in [0.1, 0.15) is 12.5 Å². The highest BCUT2D eigenvalue weighted by atomic mass is 35.5. The molecule has 7 nitrogen and oxygen atoms in total. The number of nitrogens with one attached hydrogen (secondary N) is 1. The minimum absolute atomic E-state index is 0.395. The number of carbonyl (C=O) groups excluding carboxylic acids is 1. The second-order valence-corrected chi connectivity index (χ2v) is 5.84. The minimum Gasteiger partial charge on any atom is -0.493 e. The number of hydrogen-bond acceptors (Lipinski definition) is 6. The Labute approximate surface area is 162 Å². The van der Waals surface area contributed by atoms with Gasteiger partial charge in [-0.15, -0.1) is 0 Å². The molecule has 0 saturated heterocycles. The van der Waals surface area contributed by atoms with E-state index in [0.29, 0.717) is 33.6 Å². The lowest BCUT2D eigenvalue weighted by Crippen LogP contribution is -2.33. The van der Waals surface area contributed by atoms with E-state index < -0.39 is 12.0 Å². The summed E-state index contributed by atoms with van der Waals surface area (Å²) in [5.74, 6) is 1.60. The van der Waals surface area contributed by atoms with Gasteiger partial charge in [0, 0.05) is 10.6 Å². The highest BCUT2D eigenvalue weighted by Crippen LogP contribution is 2.37. The quantitative estimate of drug-likeness (QED) is 0.551. The number of hydrogen-bond donors (Lipinski definition) is 1. The smallest absolute Gasteiger partial charge is 0.280 e. The van der Waals surface area contributed by atoms with Crippen LogP contribution in [0.4, 0.5) is 0 Å². The van der Waals surface area contributed by atoms with Gasteiger partial charge in [0.2, 0.25) is 5.75 Å². The number of hydrazone groups is 1. The van der Waals surface area contributed by atoms with Crippen molar-refractivity contribution >= 4 is 23.7 Å². The van der Waals surface area contributed by atoms with Crippen LogP contribution in [-0.4, -0.2) is 39.6 Å². The minimum atomic E-state index is -0.733. The average molecular weight is 393 g/mol. The fraction of sp³-hybridized carbons (Fsp3) is 0.263. The second kappa shape index (κ2) is 9.68. The van der Waals surface area contributed by atoms with Gasteiger partial charge in [-0.1, -0.05) is 11.6 Å². The summed E-state index contributed by atoms with van der Waals surface area (Å²) in [6.07, 6.45) is 0.737. The third-order valence-electron chi connectivity index (χ3n) is 3.57. The van der Waals surface area contributed by atoms with Gasteiger partial charge in [0.25, 0.3) is 5.91 Å². The third kappa shape index (κ3) is 5.52. The van der Waals surface area contributed by atoms with Gasteiger partial charge in [-0.05, 0) is 43.3 Å². The Hall–Kier alpha value is -2.93. The number of methoxy groups -OCH3 is 3. The molecule has 1 N–H and O–H groups in total. The Bertz CT molecular complexity index is 783. The van der Waals surface area contributed by atoms with E-state index in [1.165, 1.54) is 27.5 Å². The molecule has 27 heavy (non-hydrogen) atoms. The van der Waals surface area contributed by atoms with Crippen molar-refractivity contribution in [2.24, 2.45) is 5.10 Å². The Morgan fingerprint density at radius 1 is 1.07 bits per heavy atom. The van der Waals surface area contributed by atoms with E-state index in [-0.39, 0.29) is 0 Å². The molecule has 0 spiro atoms. The maximum atomic E-state index is 12.1. The molecular formula is C19H21ClN2O5. The van der Waals surface area contributed by atoms with Crippen molar-refractivity contribution in [2.45, 2.75) is 13.0 Å². The molecule has 1 atom stereocenters. The Balaban J connectivity index is 2.01. The Morgan fingerprint density at radius 2 is 1.67 bits per heavy atom. The van der Waals surface area contributed by atoms with Gasteiger partial charge in [-0.3, -0.25) is 4.79 Å². The summed E-state index contributed by atoms with van der Waals surface area (Å²) < 4.78 is 21.4. The molecule has 0 aliphatic carbocycles. The maximum absolute atomic E-state index is 12.1. The molecule has 0 heterocycles. The number of amides is 1. The van der Waals surface area contributed by atoms with Gasteiger partial charge in [0.1, 0.15) is 5.75 Å². The molecule has 1 amide bonds. The molecule has 0 unspecified atom stereocenters. The highest BCUT2D eigenvalue weighted by Gasteiger charge is 2.15. The van der Waals surface area contributed by atoms with Crippen molar-refractivity contribution in [3.05, 3.63) is 47.0 Å². The lowest BCUT2D eigenvalue weighted by Gasteiger charge is -2.13. The molecule has 0 fully saturated rings. The molecule has 0 aliphatic rings. The van der Waals surface area contributed by atoms with Gasteiger partial charge in [0.15, 0.2) is 17.6 Å². The molecular weight excluding hydrogens is 372 g/mol. The van der Waals surface area contributed by atoms with Gasteiger partial charge in [-0.2, -0.15) is 5.10 Å². The van der Waals surface area contributed by atoms with Crippen molar-refractivity contribution in [1.29, 1.82) is 0 Å².